The molecule has 0 radical (unpaired) electrons. The van der Waals surface area contributed by atoms with Gasteiger partial charge in [-0.2, -0.15) is 18.3 Å². The van der Waals surface area contributed by atoms with Gasteiger partial charge in [0.25, 0.3) is 0 Å². The van der Waals surface area contributed by atoms with Crippen molar-refractivity contribution >= 4 is 11.9 Å². The molecule has 12 heteroatoms. The summed E-state index contributed by atoms with van der Waals surface area (Å²) in [5.41, 5.74) is 2.33. The summed E-state index contributed by atoms with van der Waals surface area (Å²) in [6, 6.07) is 12.2. The number of benzene rings is 1. The number of halogens is 3. The number of aliphatic carboxylic acids is 1. The molecule has 2 heterocycles. The number of carboxylic acids is 1. The lowest BCUT2D eigenvalue weighted by Gasteiger charge is -2.24. The van der Waals surface area contributed by atoms with E-state index in [0.29, 0.717) is 19.8 Å². The zero-order valence-corrected chi connectivity index (χ0v) is 19.1. The number of alkyl halides is 3. The van der Waals surface area contributed by atoms with E-state index in [9.17, 15) is 18.0 Å². The fraction of sp³-hybridized carbons (Fsp3) is 0.500. The Bertz CT molecular complexity index is 905. The molecule has 1 aromatic heterocycles. The Labute approximate surface area is 195 Å². The Hall–Kier alpha value is -2.96. The molecule has 9 nitrogen and oxygen atoms in total. The number of carbonyl (C=O) groups excluding carboxylic acids is 1. The summed E-state index contributed by atoms with van der Waals surface area (Å²) >= 11 is 0. The largest absolute Gasteiger partial charge is 0.490 e. The molecule has 0 spiro atoms. The number of ether oxygens (including phenoxy) is 2. The maximum atomic E-state index is 11.8. The number of likely N-dealkylation sites (N-methyl/N-ethyl adjacent to an activating group) is 1. The number of rotatable bonds is 8. The maximum absolute atomic E-state index is 11.8. The number of hydrogen-bond acceptors (Lipinski definition) is 6. The molecule has 0 fully saturated rings. The predicted octanol–water partition coefficient (Wildman–Crippen LogP) is 2.02. The highest BCUT2D eigenvalue weighted by Gasteiger charge is 2.38. The molecule has 1 N–H and O–H groups in total. The van der Waals surface area contributed by atoms with E-state index in [1.54, 1.807) is 19.0 Å². The molecule has 1 aliphatic rings. The van der Waals surface area contributed by atoms with Crippen LogP contribution in [-0.4, -0.2) is 89.2 Å². The molecule has 34 heavy (non-hydrogen) atoms. The van der Waals surface area contributed by atoms with Crippen molar-refractivity contribution < 1.29 is 37.3 Å². The van der Waals surface area contributed by atoms with Gasteiger partial charge < -0.3 is 19.5 Å². The molecule has 1 amide bonds. The maximum Gasteiger partial charge on any atom is 0.490 e. The minimum atomic E-state index is -5.08. The van der Waals surface area contributed by atoms with Gasteiger partial charge in [-0.25, -0.2) is 4.79 Å². The number of fused-ring (bicyclic) bond motifs is 1. The Morgan fingerprint density at radius 1 is 1.18 bits per heavy atom. The van der Waals surface area contributed by atoms with E-state index in [1.807, 2.05) is 35.1 Å². The molecule has 2 aromatic rings. The van der Waals surface area contributed by atoms with Gasteiger partial charge in [0.2, 0.25) is 5.91 Å². The zero-order chi connectivity index (χ0) is 25.1. The predicted molar refractivity (Wildman–Crippen MR) is 116 cm³/mol. The first-order chi connectivity index (χ1) is 16.1. The number of aromatic nitrogens is 2. The Kier molecular flexibility index (Phi) is 10.5. The third kappa shape index (κ3) is 9.49. The number of carbonyl (C=O) groups is 2. The highest BCUT2D eigenvalue weighted by atomic mass is 19.4. The minimum absolute atomic E-state index is 0.0299. The summed E-state index contributed by atoms with van der Waals surface area (Å²) in [7, 11) is 3.47. The van der Waals surface area contributed by atoms with E-state index in [0.717, 1.165) is 25.3 Å². The molecule has 1 unspecified atom stereocenters. The van der Waals surface area contributed by atoms with E-state index in [-0.39, 0.29) is 18.6 Å². The van der Waals surface area contributed by atoms with Gasteiger partial charge >= 0.3 is 12.1 Å². The number of amides is 1. The molecule has 1 aromatic carbocycles. The van der Waals surface area contributed by atoms with E-state index >= 15 is 0 Å². The van der Waals surface area contributed by atoms with E-state index in [2.05, 4.69) is 22.1 Å². The summed E-state index contributed by atoms with van der Waals surface area (Å²) < 4.78 is 45.4. The molecule has 0 saturated carbocycles. The van der Waals surface area contributed by atoms with Crippen LogP contribution in [0.4, 0.5) is 13.2 Å². The first kappa shape index (κ1) is 27.3. The van der Waals surface area contributed by atoms with Gasteiger partial charge in [0.15, 0.2) is 0 Å². The fourth-order valence-electron chi connectivity index (χ4n) is 3.04. The van der Waals surface area contributed by atoms with Crippen LogP contribution in [0.25, 0.3) is 0 Å². The van der Waals surface area contributed by atoms with Gasteiger partial charge in [-0.15, -0.1) is 0 Å². The van der Waals surface area contributed by atoms with E-state index in [4.69, 9.17) is 19.4 Å². The lowest BCUT2D eigenvalue weighted by atomic mass is 10.2. The van der Waals surface area contributed by atoms with Crippen LogP contribution in [0.3, 0.4) is 0 Å². The van der Waals surface area contributed by atoms with Gasteiger partial charge in [0.05, 0.1) is 31.6 Å². The van der Waals surface area contributed by atoms with Crippen LogP contribution in [0.2, 0.25) is 0 Å². The summed E-state index contributed by atoms with van der Waals surface area (Å²) in [4.78, 5) is 24.6. The van der Waals surface area contributed by atoms with Crippen molar-refractivity contribution in [1.29, 1.82) is 0 Å². The highest BCUT2D eigenvalue weighted by molar-refractivity contribution is 5.76. The van der Waals surface area contributed by atoms with Gasteiger partial charge in [-0.05, 0) is 11.6 Å². The van der Waals surface area contributed by atoms with Crippen molar-refractivity contribution in [1.82, 2.24) is 19.6 Å². The first-order valence-electron chi connectivity index (χ1n) is 10.5. The second kappa shape index (κ2) is 13.1. The summed E-state index contributed by atoms with van der Waals surface area (Å²) in [5.74, 6) is -2.79. The van der Waals surface area contributed by atoms with Gasteiger partial charge in [-0.3, -0.25) is 14.4 Å². The van der Waals surface area contributed by atoms with Crippen molar-refractivity contribution in [2.75, 3.05) is 40.4 Å². The average Bonchev–Trinajstić information content (AvgIpc) is 3.14. The van der Waals surface area contributed by atoms with E-state index < -0.39 is 12.1 Å². The normalized spacial score (nSPS) is 16.1. The molecule has 0 aliphatic carbocycles. The lowest BCUT2D eigenvalue weighted by molar-refractivity contribution is -0.192. The van der Waals surface area contributed by atoms with Crippen LogP contribution in [0.1, 0.15) is 11.3 Å². The highest BCUT2D eigenvalue weighted by Crippen LogP contribution is 2.14. The SMILES string of the molecule is CN(C)C(=O)COC1CN(CCOCc2ccccc2)Cc2ccnn2C1.O=C(O)C(F)(F)F. The first-order valence-corrected chi connectivity index (χ1v) is 10.5. The van der Waals surface area contributed by atoms with Gasteiger partial charge in [-0.1, -0.05) is 30.3 Å². The monoisotopic (exact) mass is 486 g/mol. The topological polar surface area (TPSA) is 97.1 Å². The van der Waals surface area contributed by atoms with Gasteiger partial charge in [0, 0.05) is 39.9 Å². The summed E-state index contributed by atoms with van der Waals surface area (Å²) in [5, 5.41) is 11.5. The van der Waals surface area contributed by atoms with Crippen molar-refractivity contribution in [3.63, 3.8) is 0 Å². The van der Waals surface area contributed by atoms with Crippen molar-refractivity contribution in [3.05, 3.63) is 53.9 Å². The number of nitrogens with zero attached hydrogens (tertiary/aromatic N) is 4. The second-order valence-corrected chi connectivity index (χ2v) is 7.80. The van der Waals surface area contributed by atoms with Crippen molar-refractivity contribution in [2.24, 2.45) is 0 Å². The van der Waals surface area contributed by atoms with Crippen LogP contribution in [0, 0.1) is 0 Å². The molecule has 1 atom stereocenters. The zero-order valence-electron chi connectivity index (χ0n) is 19.1. The molecular formula is C22H29F3N4O5. The fourth-order valence-corrected chi connectivity index (χ4v) is 3.04. The van der Waals surface area contributed by atoms with Crippen LogP contribution >= 0.6 is 0 Å². The quantitative estimate of drug-likeness (QED) is 0.571. The Morgan fingerprint density at radius 3 is 2.47 bits per heavy atom. The molecule has 188 valence electrons. The summed E-state index contributed by atoms with van der Waals surface area (Å²) in [6.07, 6.45) is -3.35. The number of hydrogen-bond donors (Lipinski definition) is 1. The standard InChI is InChI=1S/C20H28N4O3.C2HF3O2/c1-22(2)20(25)16-27-19-13-23(12-18-8-9-21-24(18)14-19)10-11-26-15-17-6-4-3-5-7-17;3-2(4,5)1(6)7/h3-9,19H,10-16H2,1-2H3;(H,6,7). The molecule has 0 bridgehead atoms. The average molecular weight is 486 g/mol. The smallest absolute Gasteiger partial charge is 0.475 e. The van der Waals surface area contributed by atoms with Crippen LogP contribution in [0.15, 0.2) is 42.6 Å². The van der Waals surface area contributed by atoms with Crippen molar-refractivity contribution in [2.45, 2.75) is 32.0 Å². The van der Waals surface area contributed by atoms with Crippen LogP contribution < -0.4 is 0 Å². The minimum Gasteiger partial charge on any atom is -0.475 e. The van der Waals surface area contributed by atoms with E-state index in [1.165, 1.54) is 5.56 Å². The third-order valence-electron chi connectivity index (χ3n) is 4.88. The van der Waals surface area contributed by atoms with Crippen LogP contribution in [0.5, 0.6) is 0 Å². The van der Waals surface area contributed by atoms with Crippen molar-refractivity contribution in [3.8, 4) is 0 Å². The summed E-state index contributed by atoms with van der Waals surface area (Å²) in [6.45, 7) is 4.36. The lowest BCUT2D eigenvalue weighted by Crippen LogP contribution is -2.37. The molecule has 0 saturated heterocycles. The van der Waals surface area contributed by atoms with Gasteiger partial charge in [0.1, 0.15) is 6.61 Å². The Morgan fingerprint density at radius 2 is 1.85 bits per heavy atom. The molecule has 1 aliphatic heterocycles. The number of carboxylic acid groups (broad SMARTS) is 1. The second-order valence-electron chi connectivity index (χ2n) is 7.80. The Balaban J connectivity index is 0.000000509. The molecular weight excluding hydrogens is 457 g/mol. The third-order valence-corrected chi connectivity index (χ3v) is 4.88. The molecule has 3 rings (SSSR count). The van der Waals surface area contributed by atoms with Crippen LogP contribution in [-0.2, 0) is 38.8 Å².